The highest BCUT2D eigenvalue weighted by Crippen LogP contribution is 2.30. The van der Waals surface area contributed by atoms with Crippen LogP contribution < -0.4 is 5.56 Å². The number of rotatable bonds is 4. The van der Waals surface area contributed by atoms with E-state index < -0.39 is 0 Å². The van der Waals surface area contributed by atoms with Crippen LogP contribution in [0.25, 0.3) is 27.6 Å². The van der Waals surface area contributed by atoms with E-state index >= 15 is 0 Å². The second-order valence-electron chi connectivity index (χ2n) is 7.10. The zero-order chi connectivity index (χ0) is 20.7. The molecule has 0 spiro atoms. The van der Waals surface area contributed by atoms with Gasteiger partial charge < -0.3 is 4.98 Å². The molecule has 3 aromatic carbocycles. The maximum atomic E-state index is 13.6. The van der Waals surface area contributed by atoms with Gasteiger partial charge in [-0.1, -0.05) is 78.0 Å². The van der Waals surface area contributed by atoms with Crippen LogP contribution in [0.1, 0.15) is 11.1 Å². The summed E-state index contributed by atoms with van der Waals surface area (Å²) < 4.78 is 1.70. The molecule has 148 valence electrons. The van der Waals surface area contributed by atoms with Gasteiger partial charge in [0.15, 0.2) is 5.16 Å². The molecule has 0 radical (unpaired) electrons. The number of nitrogens with one attached hydrogen (secondary N) is 1. The minimum atomic E-state index is -0.104. The molecule has 30 heavy (non-hydrogen) atoms. The van der Waals surface area contributed by atoms with Crippen molar-refractivity contribution in [2.45, 2.75) is 17.8 Å². The van der Waals surface area contributed by atoms with Crippen molar-refractivity contribution >= 4 is 45.3 Å². The molecule has 0 amide bonds. The van der Waals surface area contributed by atoms with Crippen LogP contribution in [0, 0.1) is 6.92 Å². The second-order valence-corrected chi connectivity index (χ2v) is 8.45. The van der Waals surface area contributed by atoms with Crippen molar-refractivity contribution in [1.29, 1.82) is 0 Å². The Balaban J connectivity index is 1.75. The van der Waals surface area contributed by atoms with Crippen molar-refractivity contribution in [2.24, 2.45) is 0 Å². The topological polar surface area (TPSA) is 50.7 Å². The average molecular weight is 432 g/mol. The SMILES string of the molecule is Cc1ccccc1-n1c(SCc2ccccc2Cl)nc2c([nH]c3ccccc32)c1=O. The van der Waals surface area contributed by atoms with Crippen molar-refractivity contribution in [3.05, 3.63) is 99.3 Å². The molecule has 0 aliphatic rings. The molecule has 4 nitrogen and oxygen atoms in total. The number of para-hydroxylation sites is 2. The second kappa shape index (κ2) is 7.67. The molecule has 0 unspecified atom stereocenters. The number of H-pyrrole nitrogens is 1. The quantitative estimate of drug-likeness (QED) is 0.275. The third-order valence-corrected chi connectivity index (χ3v) is 6.52. The Morgan fingerprint density at radius 1 is 1.00 bits per heavy atom. The molecule has 1 N–H and O–H groups in total. The number of aromatic nitrogens is 3. The summed E-state index contributed by atoms with van der Waals surface area (Å²) in [5.41, 5.74) is 4.86. The molecule has 5 rings (SSSR count). The Morgan fingerprint density at radius 3 is 2.57 bits per heavy atom. The first-order valence-electron chi connectivity index (χ1n) is 9.59. The lowest BCUT2D eigenvalue weighted by atomic mass is 10.2. The molecule has 0 atom stereocenters. The van der Waals surface area contributed by atoms with Gasteiger partial charge in [0.05, 0.1) is 5.69 Å². The number of nitrogens with zero attached hydrogens (tertiary/aromatic N) is 2. The number of hydrogen-bond donors (Lipinski definition) is 1. The summed E-state index contributed by atoms with van der Waals surface area (Å²) in [6, 6.07) is 23.5. The van der Waals surface area contributed by atoms with Gasteiger partial charge in [0, 0.05) is 21.7 Å². The van der Waals surface area contributed by atoms with E-state index in [2.05, 4.69) is 4.98 Å². The minimum absolute atomic E-state index is 0.104. The van der Waals surface area contributed by atoms with Gasteiger partial charge >= 0.3 is 0 Å². The summed E-state index contributed by atoms with van der Waals surface area (Å²) in [5, 5.41) is 2.30. The molecule has 0 bridgehead atoms. The van der Waals surface area contributed by atoms with E-state index in [1.807, 2.05) is 79.7 Å². The van der Waals surface area contributed by atoms with Gasteiger partial charge in [0.25, 0.3) is 5.56 Å². The fourth-order valence-electron chi connectivity index (χ4n) is 3.62. The van der Waals surface area contributed by atoms with Crippen LogP contribution in [-0.2, 0) is 5.75 Å². The summed E-state index contributed by atoms with van der Waals surface area (Å²) in [4.78, 5) is 21.8. The summed E-state index contributed by atoms with van der Waals surface area (Å²) in [5.74, 6) is 0.617. The van der Waals surface area contributed by atoms with Crippen LogP contribution in [0.15, 0.2) is 82.7 Å². The van der Waals surface area contributed by atoms with Crippen LogP contribution in [0.2, 0.25) is 5.02 Å². The fourth-order valence-corrected chi connectivity index (χ4v) is 4.91. The van der Waals surface area contributed by atoms with Crippen LogP contribution >= 0.6 is 23.4 Å². The number of aryl methyl sites for hydroxylation is 1. The van der Waals surface area contributed by atoms with Gasteiger partial charge in [0.1, 0.15) is 11.0 Å². The van der Waals surface area contributed by atoms with Gasteiger partial charge in [0.2, 0.25) is 0 Å². The Kier molecular flexibility index (Phi) is 4.85. The number of benzene rings is 3. The first-order valence-corrected chi connectivity index (χ1v) is 11.0. The van der Waals surface area contributed by atoms with E-state index in [0.717, 1.165) is 27.7 Å². The molecule has 2 heterocycles. The number of halogens is 1. The van der Waals surface area contributed by atoms with Crippen molar-refractivity contribution in [3.63, 3.8) is 0 Å². The van der Waals surface area contributed by atoms with E-state index in [1.165, 1.54) is 11.8 Å². The summed E-state index contributed by atoms with van der Waals surface area (Å²) in [6.45, 7) is 2.00. The molecule has 5 aromatic rings. The zero-order valence-corrected chi connectivity index (χ0v) is 17.8. The van der Waals surface area contributed by atoms with Crippen LogP contribution in [0.4, 0.5) is 0 Å². The number of aromatic amines is 1. The maximum absolute atomic E-state index is 13.6. The molecule has 0 aliphatic carbocycles. The molecule has 0 fully saturated rings. The fraction of sp³-hybridized carbons (Fsp3) is 0.0833. The van der Waals surface area contributed by atoms with E-state index in [-0.39, 0.29) is 5.56 Å². The zero-order valence-electron chi connectivity index (χ0n) is 16.2. The minimum Gasteiger partial charge on any atom is -0.349 e. The third kappa shape index (κ3) is 3.20. The van der Waals surface area contributed by atoms with E-state index in [4.69, 9.17) is 16.6 Å². The monoisotopic (exact) mass is 431 g/mol. The first kappa shape index (κ1) is 19.0. The molecular weight excluding hydrogens is 414 g/mol. The lowest BCUT2D eigenvalue weighted by Gasteiger charge is -2.14. The Labute approximate surface area is 182 Å². The molecule has 0 aliphatic heterocycles. The summed E-state index contributed by atoms with van der Waals surface area (Å²) >= 11 is 7.86. The number of thioether (sulfide) groups is 1. The third-order valence-electron chi connectivity index (χ3n) is 5.17. The summed E-state index contributed by atoms with van der Waals surface area (Å²) in [7, 11) is 0. The maximum Gasteiger partial charge on any atom is 0.283 e. The Hall–Kier alpha value is -3.02. The molecule has 6 heteroatoms. The first-order chi connectivity index (χ1) is 14.6. The predicted octanol–water partition coefficient (Wildman–Crippen LogP) is 6.12. The summed E-state index contributed by atoms with van der Waals surface area (Å²) in [6.07, 6.45) is 0. The smallest absolute Gasteiger partial charge is 0.283 e. The average Bonchev–Trinajstić information content (AvgIpc) is 3.13. The van der Waals surface area contributed by atoms with Gasteiger partial charge in [-0.15, -0.1) is 0 Å². The van der Waals surface area contributed by atoms with E-state index in [1.54, 1.807) is 4.57 Å². The standard InChI is InChI=1S/C24H18ClN3OS/c1-15-8-2-7-13-20(15)28-23(29)22-21(17-10-4-6-12-19(17)26-22)27-24(28)30-14-16-9-3-5-11-18(16)25/h2-13,26H,14H2,1H3. The Bertz CT molecular complexity index is 1450. The highest BCUT2D eigenvalue weighted by Gasteiger charge is 2.18. The lowest BCUT2D eigenvalue weighted by Crippen LogP contribution is -2.22. The van der Waals surface area contributed by atoms with Gasteiger partial charge in [-0.25, -0.2) is 4.98 Å². The Morgan fingerprint density at radius 2 is 1.73 bits per heavy atom. The molecule has 2 aromatic heterocycles. The van der Waals surface area contributed by atoms with Crippen LogP contribution in [0.3, 0.4) is 0 Å². The van der Waals surface area contributed by atoms with Crippen molar-refractivity contribution in [1.82, 2.24) is 14.5 Å². The van der Waals surface area contributed by atoms with Crippen LogP contribution in [0.5, 0.6) is 0 Å². The number of fused-ring (bicyclic) bond motifs is 3. The largest absolute Gasteiger partial charge is 0.349 e. The predicted molar refractivity (Wildman–Crippen MR) is 125 cm³/mol. The molecule has 0 saturated heterocycles. The van der Waals surface area contributed by atoms with E-state index in [9.17, 15) is 4.79 Å². The van der Waals surface area contributed by atoms with Gasteiger partial charge in [-0.3, -0.25) is 9.36 Å². The molecule has 0 saturated carbocycles. The van der Waals surface area contributed by atoms with Crippen molar-refractivity contribution in [2.75, 3.05) is 0 Å². The van der Waals surface area contributed by atoms with Gasteiger partial charge in [-0.05, 0) is 36.2 Å². The van der Waals surface area contributed by atoms with E-state index in [0.29, 0.717) is 27.0 Å². The molecular formula is C24H18ClN3OS. The lowest BCUT2D eigenvalue weighted by molar-refractivity contribution is 0.813. The van der Waals surface area contributed by atoms with Crippen molar-refractivity contribution in [3.8, 4) is 5.69 Å². The highest BCUT2D eigenvalue weighted by molar-refractivity contribution is 7.98. The normalized spacial score (nSPS) is 11.4. The van der Waals surface area contributed by atoms with Crippen LogP contribution in [-0.4, -0.2) is 14.5 Å². The van der Waals surface area contributed by atoms with Gasteiger partial charge in [-0.2, -0.15) is 0 Å². The highest BCUT2D eigenvalue weighted by atomic mass is 35.5. The van der Waals surface area contributed by atoms with Crippen molar-refractivity contribution < 1.29 is 0 Å². The number of hydrogen-bond acceptors (Lipinski definition) is 3.